The van der Waals surface area contributed by atoms with Gasteiger partial charge < -0.3 is 10.4 Å². The van der Waals surface area contributed by atoms with Gasteiger partial charge >= 0.3 is 0 Å². The van der Waals surface area contributed by atoms with Crippen molar-refractivity contribution in [2.75, 3.05) is 13.2 Å². The highest BCUT2D eigenvalue weighted by Gasteiger charge is 2.19. The Morgan fingerprint density at radius 1 is 1.47 bits per heavy atom. The van der Waals surface area contributed by atoms with E-state index in [2.05, 4.69) is 35.1 Å². The number of carbonyl (C=O) groups is 1. The number of benzene rings is 1. The number of halogens is 2. The van der Waals surface area contributed by atoms with Crippen LogP contribution in [0, 0.1) is 5.41 Å². The Labute approximate surface area is 127 Å². The summed E-state index contributed by atoms with van der Waals surface area (Å²) in [7, 11) is 0. The van der Waals surface area contributed by atoms with E-state index in [1.54, 1.807) is 18.2 Å². The molecule has 1 amide bonds. The van der Waals surface area contributed by atoms with Gasteiger partial charge in [0.05, 0.1) is 5.02 Å². The summed E-state index contributed by atoms with van der Waals surface area (Å²) in [4.78, 5) is 12.0. The summed E-state index contributed by atoms with van der Waals surface area (Å²) in [5.41, 5.74) is 0.517. The minimum atomic E-state index is -0.133. The van der Waals surface area contributed by atoms with E-state index in [1.807, 2.05) is 0 Å². The number of carbonyl (C=O) groups excluding carboxylic acids is 1. The smallest absolute Gasteiger partial charge is 0.251 e. The Morgan fingerprint density at radius 2 is 2.16 bits per heavy atom. The first-order valence-electron chi connectivity index (χ1n) is 6.20. The van der Waals surface area contributed by atoms with Gasteiger partial charge in [-0.2, -0.15) is 0 Å². The fraction of sp³-hybridized carbons (Fsp3) is 0.500. The molecule has 1 aromatic rings. The largest absolute Gasteiger partial charge is 0.396 e. The van der Waals surface area contributed by atoms with Gasteiger partial charge in [0.1, 0.15) is 0 Å². The highest BCUT2D eigenvalue weighted by atomic mass is 79.9. The lowest BCUT2D eigenvalue weighted by Gasteiger charge is -2.24. The van der Waals surface area contributed by atoms with E-state index in [0.717, 1.165) is 17.3 Å². The van der Waals surface area contributed by atoms with Crippen molar-refractivity contribution in [1.82, 2.24) is 5.32 Å². The molecule has 5 heteroatoms. The van der Waals surface area contributed by atoms with Crippen molar-refractivity contribution >= 4 is 33.4 Å². The average Bonchev–Trinajstić information content (AvgIpc) is 2.37. The summed E-state index contributed by atoms with van der Waals surface area (Å²) in [6.45, 7) is 4.88. The molecule has 0 unspecified atom stereocenters. The minimum Gasteiger partial charge on any atom is -0.396 e. The average molecular weight is 349 g/mol. The second-order valence-electron chi connectivity index (χ2n) is 5.30. The zero-order valence-electron chi connectivity index (χ0n) is 11.2. The summed E-state index contributed by atoms with van der Waals surface area (Å²) in [6, 6.07) is 5.13. The van der Waals surface area contributed by atoms with Crippen LogP contribution in [0.2, 0.25) is 5.02 Å². The van der Waals surface area contributed by atoms with Gasteiger partial charge in [-0.05, 0) is 52.4 Å². The first-order valence-corrected chi connectivity index (χ1v) is 7.37. The lowest BCUT2D eigenvalue weighted by atomic mass is 9.88. The first kappa shape index (κ1) is 16.5. The molecule has 0 aliphatic carbocycles. The predicted molar refractivity (Wildman–Crippen MR) is 81.6 cm³/mol. The van der Waals surface area contributed by atoms with Gasteiger partial charge in [0.25, 0.3) is 5.91 Å². The van der Waals surface area contributed by atoms with Gasteiger partial charge in [-0.15, -0.1) is 0 Å². The third-order valence-corrected chi connectivity index (χ3v) is 4.15. The summed E-state index contributed by atoms with van der Waals surface area (Å²) in [5.74, 6) is -0.133. The molecule has 0 radical (unpaired) electrons. The van der Waals surface area contributed by atoms with Crippen molar-refractivity contribution in [3.05, 3.63) is 33.3 Å². The van der Waals surface area contributed by atoms with Crippen molar-refractivity contribution in [3.63, 3.8) is 0 Å². The fourth-order valence-corrected chi connectivity index (χ4v) is 2.13. The zero-order valence-corrected chi connectivity index (χ0v) is 13.5. The van der Waals surface area contributed by atoms with Crippen molar-refractivity contribution in [1.29, 1.82) is 0 Å². The van der Waals surface area contributed by atoms with E-state index in [1.165, 1.54) is 0 Å². The highest BCUT2D eigenvalue weighted by molar-refractivity contribution is 9.10. The molecule has 3 nitrogen and oxygen atoms in total. The molecule has 106 valence electrons. The van der Waals surface area contributed by atoms with Crippen LogP contribution in [0.4, 0.5) is 0 Å². The van der Waals surface area contributed by atoms with Gasteiger partial charge in [-0.1, -0.05) is 25.4 Å². The third-order valence-electron chi connectivity index (χ3n) is 2.92. The standard InChI is InChI=1S/C14H19BrClNO2/c1-14(2,6-3-7-18)9-17-13(19)10-4-5-11(15)12(16)8-10/h4-5,8,18H,3,6-7,9H2,1-2H3,(H,17,19). The second-order valence-corrected chi connectivity index (χ2v) is 6.56. The van der Waals surface area contributed by atoms with Gasteiger partial charge in [-0.3, -0.25) is 4.79 Å². The monoisotopic (exact) mass is 347 g/mol. The van der Waals surface area contributed by atoms with Gasteiger partial charge in [-0.25, -0.2) is 0 Å². The van der Waals surface area contributed by atoms with E-state index < -0.39 is 0 Å². The number of aliphatic hydroxyl groups excluding tert-OH is 1. The molecule has 0 bridgehead atoms. The molecule has 0 fully saturated rings. The fourth-order valence-electron chi connectivity index (χ4n) is 1.70. The van der Waals surface area contributed by atoms with E-state index in [-0.39, 0.29) is 17.9 Å². The predicted octanol–water partition coefficient (Wildman–Crippen LogP) is 3.63. The SMILES string of the molecule is CC(C)(CCCO)CNC(=O)c1ccc(Br)c(Cl)c1. The molecule has 0 atom stereocenters. The molecule has 0 saturated carbocycles. The molecule has 0 aliphatic rings. The quantitative estimate of drug-likeness (QED) is 0.824. The lowest BCUT2D eigenvalue weighted by molar-refractivity contribution is 0.0933. The van der Waals surface area contributed by atoms with E-state index >= 15 is 0 Å². The maximum Gasteiger partial charge on any atom is 0.251 e. The Morgan fingerprint density at radius 3 is 2.74 bits per heavy atom. The third kappa shape index (κ3) is 5.51. The maximum atomic E-state index is 12.0. The van der Waals surface area contributed by atoms with E-state index in [0.29, 0.717) is 17.1 Å². The van der Waals surface area contributed by atoms with E-state index in [4.69, 9.17) is 16.7 Å². The van der Waals surface area contributed by atoms with Crippen molar-refractivity contribution in [2.24, 2.45) is 5.41 Å². The summed E-state index contributed by atoms with van der Waals surface area (Å²) in [6.07, 6.45) is 1.61. The molecular formula is C14H19BrClNO2. The summed E-state index contributed by atoms with van der Waals surface area (Å²) < 4.78 is 0.772. The Hall–Kier alpha value is -0.580. The number of rotatable bonds is 6. The summed E-state index contributed by atoms with van der Waals surface area (Å²) in [5, 5.41) is 12.3. The molecule has 0 aromatic heterocycles. The van der Waals surface area contributed by atoms with Gasteiger partial charge in [0, 0.05) is 23.2 Å². The Kier molecular flexibility index (Phi) is 6.30. The van der Waals surface area contributed by atoms with Crippen LogP contribution in [0.5, 0.6) is 0 Å². The Bertz CT molecular complexity index is 449. The lowest BCUT2D eigenvalue weighted by Crippen LogP contribution is -2.34. The first-order chi connectivity index (χ1) is 8.85. The van der Waals surface area contributed by atoms with Crippen LogP contribution < -0.4 is 5.32 Å². The molecule has 0 heterocycles. The highest BCUT2D eigenvalue weighted by Crippen LogP contribution is 2.24. The topological polar surface area (TPSA) is 49.3 Å². The van der Waals surface area contributed by atoms with Crippen LogP contribution in [0.25, 0.3) is 0 Å². The molecule has 0 saturated heterocycles. The van der Waals surface area contributed by atoms with Crippen molar-refractivity contribution < 1.29 is 9.90 Å². The molecule has 0 aliphatic heterocycles. The van der Waals surface area contributed by atoms with Crippen LogP contribution in [0.15, 0.2) is 22.7 Å². The van der Waals surface area contributed by atoms with Crippen LogP contribution in [0.1, 0.15) is 37.0 Å². The van der Waals surface area contributed by atoms with Crippen LogP contribution in [-0.2, 0) is 0 Å². The van der Waals surface area contributed by atoms with Crippen LogP contribution in [-0.4, -0.2) is 24.2 Å². The molecule has 1 aromatic carbocycles. The molecule has 19 heavy (non-hydrogen) atoms. The molecule has 2 N–H and O–H groups in total. The molecular weight excluding hydrogens is 330 g/mol. The number of aliphatic hydroxyl groups is 1. The van der Waals surface area contributed by atoms with Crippen molar-refractivity contribution in [3.8, 4) is 0 Å². The number of hydrogen-bond acceptors (Lipinski definition) is 2. The van der Waals surface area contributed by atoms with E-state index in [9.17, 15) is 4.79 Å². The molecule has 1 rings (SSSR count). The number of nitrogens with one attached hydrogen (secondary N) is 1. The maximum absolute atomic E-state index is 12.0. The van der Waals surface area contributed by atoms with Crippen molar-refractivity contribution in [2.45, 2.75) is 26.7 Å². The summed E-state index contributed by atoms with van der Waals surface area (Å²) >= 11 is 9.25. The van der Waals surface area contributed by atoms with Crippen LogP contribution >= 0.6 is 27.5 Å². The Balaban J connectivity index is 2.57. The minimum absolute atomic E-state index is 0.0302. The second kappa shape index (κ2) is 7.27. The number of amides is 1. The normalized spacial score (nSPS) is 11.4. The zero-order chi connectivity index (χ0) is 14.5. The van der Waals surface area contributed by atoms with Gasteiger partial charge in [0.2, 0.25) is 0 Å². The number of hydrogen-bond donors (Lipinski definition) is 2. The van der Waals surface area contributed by atoms with Crippen LogP contribution in [0.3, 0.4) is 0 Å². The molecule has 0 spiro atoms. The van der Waals surface area contributed by atoms with Gasteiger partial charge in [0.15, 0.2) is 0 Å².